The lowest BCUT2D eigenvalue weighted by molar-refractivity contribution is -0.144. The molecule has 3 aliphatic rings. The molecule has 4 heteroatoms. The van der Waals surface area contributed by atoms with Gasteiger partial charge in [-0.15, -0.1) is 0 Å². The van der Waals surface area contributed by atoms with Crippen LogP contribution in [0.5, 0.6) is 0 Å². The smallest absolute Gasteiger partial charge is 0.309 e. The number of carbonyl (C=O) groups is 2. The van der Waals surface area contributed by atoms with Gasteiger partial charge in [-0.25, -0.2) is 0 Å². The molecule has 31 heavy (non-hydrogen) atoms. The SMILES string of the molecule is CC1=CC(C)(C)C(CCCCCC2(C(=O)O)CC2)C=C1CCCCCC1(C(=O)O)CC1. The fourth-order valence-electron chi connectivity index (χ4n) is 5.49. The van der Waals surface area contributed by atoms with E-state index in [1.807, 2.05) is 0 Å². The molecule has 0 aliphatic heterocycles. The number of allylic oxidation sites excluding steroid dienone is 4. The van der Waals surface area contributed by atoms with Gasteiger partial charge in [0.1, 0.15) is 0 Å². The van der Waals surface area contributed by atoms with Crippen molar-refractivity contribution in [2.75, 3.05) is 0 Å². The first-order chi connectivity index (χ1) is 14.6. The second kappa shape index (κ2) is 9.50. The summed E-state index contributed by atoms with van der Waals surface area (Å²) in [4.78, 5) is 22.6. The van der Waals surface area contributed by atoms with Crippen molar-refractivity contribution in [3.63, 3.8) is 0 Å². The maximum Gasteiger partial charge on any atom is 0.309 e. The van der Waals surface area contributed by atoms with Gasteiger partial charge in [-0.3, -0.25) is 9.59 Å². The minimum atomic E-state index is -0.596. The summed E-state index contributed by atoms with van der Waals surface area (Å²) < 4.78 is 0. The molecule has 0 amide bonds. The van der Waals surface area contributed by atoms with Gasteiger partial charge in [0.05, 0.1) is 10.8 Å². The summed E-state index contributed by atoms with van der Waals surface area (Å²) in [6.07, 6.45) is 19.0. The molecule has 3 rings (SSSR count). The summed E-state index contributed by atoms with van der Waals surface area (Å²) in [7, 11) is 0. The van der Waals surface area contributed by atoms with Gasteiger partial charge in [0.15, 0.2) is 0 Å². The number of rotatable bonds is 14. The van der Waals surface area contributed by atoms with Crippen LogP contribution in [0.3, 0.4) is 0 Å². The van der Waals surface area contributed by atoms with E-state index in [-0.39, 0.29) is 16.2 Å². The maximum absolute atomic E-state index is 11.3. The molecule has 2 fully saturated rings. The largest absolute Gasteiger partial charge is 0.481 e. The Morgan fingerprint density at radius 1 is 0.871 bits per heavy atom. The van der Waals surface area contributed by atoms with E-state index in [2.05, 4.69) is 32.9 Å². The Morgan fingerprint density at radius 3 is 1.87 bits per heavy atom. The van der Waals surface area contributed by atoms with Crippen LogP contribution in [-0.4, -0.2) is 22.2 Å². The van der Waals surface area contributed by atoms with Crippen molar-refractivity contribution in [3.05, 3.63) is 23.3 Å². The molecule has 0 aromatic rings. The Bertz CT molecular complexity index is 734. The number of carboxylic acid groups (broad SMARTS) is 2. The van der Waals surface area contributed by atoms with E-state index in [0.717, 1.165) is 83.5 Å². The molecule has 3 aliphatic carbocycles. The van der Waals surface area contributed by atoms with Gasteiger partial charge < -0.3 is 10.2 Å². The highest BCUT2D eigenvalue weighted by Crippen LogP contribution is 2.51. The van der Waals surface area contributed by atoms with Gasteiger partial charge in [0, 0.05) is 0 Å². The normalized spacial score (nSPS) is 24.8. The molecule has 2 N–H and O–H groups in total. The summed E-state index contributed by atoms with van der Waals surface area (Å²) in [6, 6.07) is 0. The highest BCUT2D eigenvalue weighted by atomic mass is 16.4. The van der Waals surface area contributed by atoms with Crippen LogP contribution in [0.4, 0.5) is 0 Å². The lowest BCUT2D eigenvalue weighted by Gasteiger charge is -2.35. The first kappa shape index (κ1) is 24.1. The van der Waals surface area contributed by atoms with Crippen LogP contribution < -0.4 is 0 Å². The second-order valence-electron chi connectivity index (χ2n) is 11.3. The number of aliphatic carboxylic acids is 2. The zero-order chi connectivity index (χ0) is 22.7. The van der Waals surface area contributed by atoms with Crippen LogP contribution in [0.15, 0.2) is 23.3 Å². The third kappa shape index (κ3) is 6.02. The summed E-state index contributed by atoms with van der Waals surface area (Å²) in [5.41, 5.74) is 2.31. The van der Waals surface area contributed by atoms with Crippen molar-refractivity contribution in [3.8, 4) is 0 Å². The Labute approximate surface area is 188 Å². The number of hydrogen-bond donors (Lipinski definition) is 2. The Balaban J connectivity index is 1.39. The first-order valence-electron chi connectivity index (χ1n) is 12.5. The van der Waals surface area contributed by atoms with E-state index in [0.29, 0.717) is 5.92 Å². The number of hydrogen-bond acceptors (Lipinski definition) is 2. The molecule has 2 saturated carbocycles. The Kier molecular flexibility index (Phi) is 7.38. The molecule has 1 atom stereocenters. The van der Waals surface area contributed by atoms with E-state index < -0.39 is 11.9 Å². The topological polar surface area (TPSA) is 74.6 Å². The molecule has 4 nitrogen and oxygen atoms in total. The van der Waals surface area contributed by atoms with Gasteiger partial charge in [0.25, 0.3) is 0 Å². The van der Waals surface area contributed by atoms with Gasteiger partial charge in [0.2, 0.25) is 0 Å². The lowest BCUT2D eigenvalue weighted by atomic mass is 9.70. The second-order valence-corrected chi connectivity index (χ2v) is 11.3. The minimum Gasteiger partial charge on any atom is -0.481 e. The summed E-state index contributed by atoms with van der Waals surface area (Å²) in [5, 5.41) is 18.6. The number of carboxylic acids is 2. The van der Waals surface area contributed by atoms with Gasteiger partial charge >= 0.3 is 11.9 Å². The van der Waals surface area contributed by atoms with Crippen molar-refractivity contribution in [1.29, 1.82) is 0 Å². The van der Waals surface area contributed by atoms with Crippen molar-refractivity contribution in [2.45, 2.75) is 111 Å². The van der Waals surface area contributed by atoms with Crippen LogP contribution in [-0.2, 0) is 9.59 Å². The van der Waals surface area contributed by atoms with Crippen molar-refractivity contribution >= 4 is 11.9 Å². The molecule has 0 heterocycles. The van der Waals surface area contributed by atoms with Crippen molar-refractivity contribution in [1.82, 2.24) is 0 Å². The average Bonchev–Trinajstić information content (AvgIpc) is 3.59. The predicted octanol–water partition coefficient (Wildman–Crippen LogP) is 7.15. The van der Waals surface area contributed by atoms with E-state index in [1.165, 1.54) is 17.6 Å². The third-order valence-electron chi connectivity index (χ3n) is 8.34. The molecule has 174 valence electrons. The molecular weight excluding hydrogens is 388 g/mol. The highest BCUT2D eigenvalue weighted by Gasteiger charge is 2.49. The molecule has 0 spiro atoms. The van der Waals surface area contributed by atoms with Crippen LogP contribution in [0.25, 0.3) is 0 Å². The van der Waals surface area contributed by atoms with Gasteiger partial charge in [-0.2, -0.15) is 0 Å². The van der Waals surface area contributed by atoms with Crippen LogP contribution in [0.1, 0.15) is 111 Å². The van der Waals surface area contributed by atoms with Crippen molar-refractivity contribution in [2.24, 2.45) is 22.2 Å². The zero-order valence-electron chi connectivity index (χ0n) is 19.8. The fraction of sp³-hybridized carbons (Fsp3) is 0.778. The standard InChI is InChI=1S/C27H42O4/c1-20-19-25(2,3)22(11-7-5-9-13-27(16-17-27)24(30)31)18-21(20)10-6-4-8-12-26(14-15-26)23(28)29/h18-19,22H,4-17H2,1-3H3,(H,28,29)(H,30,31). The molecule has 0 aromatic heterocycles. The molecular formula is C27H42O4. The molecule has 0 radical (unpaired) electrons. The fourth-order valence-corrected chi connectivity index (χ4v) is 5.49. The summed E-state index contributed by atoms with van der Waals surface area (Å²) in [5.74, 6) is -0.645. The third-order valence-corrected chi connectivity index (χ3v) is 8.34. The maximum atomic E-state index is 11.3. The van der Waals surface area contributed by atoms with Crippen LogP contribution in [0.2, 0.25) is 0 Å². The molecule has 0 bridgehead atoms. The predicted molar refractivity (Wildman–Crippen MR) is 124 cm³/mol. The Morgan fingerprint density at radius 2 is 1.39 bits per heavy atom. The quantitative estimate of drug-likeness (QED) is 0.287. The molecule has 1 unspecified atom stereocenters. The van der Waals surface area contributed by atoms with E-state index in [9.17, 15) is 19.8 Å². The molecule has 0 saturated heterocycles. The first-order valence-corrected chi connectivity index (χ1v) is 12.5. The summed E-state index contributed by atoms with van der Waals surface area (Å²) >= 11 is 0. The average molecular weight is 431 g/mol. The number of unbranched alkanes of at least 4 members (excludes halogenated alkanes) is 4. The molecule has 0 aromatic carbocycles. The monoisotopic (exact) mass is 430 g/mol. The van der Waals surface area contributed by atoms with E-state index >= 15 is 0 Å². The van der Waals surface area contributed by atoms with Gasteiger partial charge in [-0.1, -0.05) is 63.7 Å². The highest BCUT2D eigenvalue weighted by molar-refractivity contribution is 5.78. The Hall–Kier alpha value is -1.58. The van der Waals surface area contributed by atoms with Crippen molar-refractivity contribution < 1.29 is 19.8 Å². The summed E-state index contributed by atoms with van der Waals surface area (Å²) in [6.45, 7) is 6.90. The van der Waals surface area contributed by atoms with E-state index in [1.54, 1.807) is 0 Å². The van der Waals surface area contributed by atoms with Crippen LogP contribution in [0, 0.1) is 22.2 Å². The lowest BCUT2D eigenvalue weighted by Crippen LogP contribution is -2.24. The zero-order valence-corrected chi connectivity index (χ0v) is 19.8. The van der Waals surface area contributed by atoms with E-state index in [4.69, 9.17) is 0 Å². The van der Waals surface area contributed by atoms with Gasteiger partial charge in [-0.05, 0) is 81.6 Å². The minimum absolute atomic E-state index is 0.173. The van der Waals surface area contributed by atoms with Crippen LogP contribution >= 0.6 is 0 Å².